The van der Waals surface area contributed by atoms with Crippen molar-refractivity contribution in [2.45, 2.75) is 129 Å². The number of urea groups is 1. The summed E-state index contributed by atoms with van der Waals surface area (Å²) >= 11 is 0. The number of carbonyl (C=O) groups is 5. The number of sulfonamides is 1. The second kappa shape index (κ2) is 18.0. The number of likely N-dealkylation sites (tertiary alicyclic amines) is 1. The number of nitrogens with one attached hydrogen (secondary N) is 2. The minimum absolute atomic E-state index is 0.0137. The number of carbonyl (C=O) groups excluding carboxylic acids is 5. The smallest absolute Gasteiger partial charge is 0.315 e. The number of nitrogens with zero attached hydrogens (tertiary/aromatic N) is 2. The molecule has 0 spiro atoms. The van der Waals surface area contributed by atoms with E-state index in [1.165, 1.54) is 11.4 Å². The zero-order valence-corrected chi connectivity index (χ0v) is 34.7. The topological polar surface area (TPSA) is 150 Å². The highest BCUT2D eigenvalue weighted by Gasteiger charge is 2.52. The molecule has 4 rings (SSSR count). The number of rotatable bonds is 17. The van der Waals surface area contributed by atoms with Gasteiger partial charge in [0.25, 0.3) is 0 Å². The first-order chi connectivity index (χ1) is 25.7. The summed E-state index contributed by atoms with van der Waals surface area (Å²) in [6.07, 6.45) is 11.4. The third-order valence-corrected chi connectivity index (χ3v) is 14.4. The fourth-order valence-corrected chi connectivity index (χ4v) is 9.84. The van der Waals surface area contributed by atoms with E-state index in [4.69, 9.17) is 6.42 Å². The molecule has 11 nitrogen and oxygen atoms in total. The van der Waals surface area contributed by atoms with Crippen LogP contribution in [-0.2, 0) is 42.0 Å². The third kappa shape index (κ3) is 10.3. The Bertz CT molecular complexity index is 1740. The van der Waals surface area contributed by atoms with Crippen LogP contribution in [0.25, 0.3) is 0 Å². The van der Waals surface area contributed by atoms with E-state index >= 15 is 0 Å². The molecule has 3 amide bonds. The minimum Gasteiger partial charge on any atom is -0.334 e. The number of allylic oxidation sites excluding steroid dienone is 1. The molecule has 1 aliphatic heterocycles. The maximum atomic E-state index is 15.0. The van der Waals surface area contributed by atoms with Crippen molar-refractivity contribution >= 4 is 39.3 Å². The fraction of sp³-hybridized carbons (Fsp3) is 0.651. The lowest BCUT2D eigenvalue weighted by Gasteiger charge is -2.37. The zero-order chi connectivity index (χ0) is 40.9. The Hall–Kier alpha value is -3.82. The highest BCUT2D eigenvalue weighted by molar-refractivity contribution is 7.90. The van der Waals surface area contributed by atoms with E-state index in [0.717, 1.165) is 30.4 Å². The fourth-order valence-electron chi connectivity index (χ4n) is 8.56. The Labute approximate surface area is 328 Å². The van der Waals surface area contributed by atoms with Gasteiger partial charge in [-0.15, -0.1) is 18.9 Å². The van der Waals surface area contributed by atoms with Crippen LogP contribution in [0.4, 0.5) is 4.79 Å². The van der Waals surface area contributed by atoms with Crippen LogP contribution in [-0.4, -0.2) is 89.9 Å². The molecule has 12 heteroatoms. The van der Waals surface area contributed by atoms with E-state index in [0.29, 0.717) is 25.8 Å². The summed E-state index contributed by atoms with van der Waals surface area (Å²) in [6, 6.07) is 4.95. The average Bonchev–Trinajstić information content (AvgIpc) is 3.84. The monoisotopic (exact) mass is 778 g/mol. The molecule has 1 saturated heterocycles. The second-order valence-corrected chi connectivity index (χ2v) is 20.7. The minimum atomic E-state index is -3.69. The molecule has 1 aromatic carbocycles. The number of Topliss-reactive ketones (excluding diaryl/α,β-unsaturated/α-hetero) is 3. The Kier molecular flexibility index (Phi) is 14.3. The molecule has 2 aliphatic carbocycles. The maximum Gasteiger partial charge on any atom is 0.315 e. The Morgan fingerprint density at radius 1 is 1.04 bits per heavy atom. The molecule has 302 valence electrons. The molecule has 3 aliphatic rings. The summed E-state index contributed by atoms with van der Waals surface area (Å²) in [5.74, 6) is -0.410. The molecule has 1 unspecified atom stereocenters. The number of likely N-dealkylation sites (N-methyl/N-ethyl adjacent to an activating group) is 1. The Morgan fingerprint density at radius 3 is 2.24 bits per heavy atom. The van der Waals surface area contributed by atoms with Crippen LogP contribution in [0.5, 0.6) is 0 Å². The van der Waals surface area contributed by atoms with Gasteiger partial charge in [-0.25, -0.2) is 17.5 Å². The van der Waals surface area contributed by atoms with Crippen molar-refractivity contribution in [3.63, 3.8) is 0 Å². The molecule has 0 aromatic heterocycles. The van der Waals surface area contributed by atoms with E-state index < -0.39 is 61.8 Å². The van der Waals surface area contributed by atoms with Gasteiger partial charge in [-0.2, -0.15) is 0 Å². The third-order valence-electron chi connectivity index (χ3n) is 11.9. The summed E-state index contributed by atoms with van der Waals surface area (Å²) in [7, 11) is -2.19. The first kappa shape index (κ1) is 43.9. The van der Waals surface area contributed by atoms with Gasteiger partial charge < -0.3 is 15.5 Å². The molecule has 1 saturated carbocycles. The molecular formula is C43H62N4O7S. The van der Waals surface area contributed by atoms with Gasteiger partial charge in [-0.05, 0) is 93.6 Å². The predicted molar refractivity (Wildman–Crippen MR) is 214 cm³/mol. The Morgan fingerprint density at radius 2 is 1.67 bits per heavy atom. The van der Waals surface area contributed by atoms with Crippen LogP contribution in [0.2, 0.25) is 0 Å². The van der Waals surface area contributed by atoms with Gasteiger partial charge in [0, 0.05) is 51.4 Å². The highest BCUT2D eigenvalue weighted by atomic mass is 32.2. The lowest BCUT2D eigenvalue weighted by molar-refractivity contribution is -0.143. The van der Waals surface area contributed by atoms with E-state index in [2.05, 4.69) is 23.1 Å². The van der Waals surface area contributed by atoms with Gasteiger partial charge in [-0.1, -0.05) is 57.5 Å². The summed E-state index contributed by atoms with van der Waals surface area (Å²) in [5.41, 5.74) is 1.64. The van der Waals surface area contributed by atoms with Crippen LogP contribution in [0.15, 0.2) is 36.9 Å². The van der Waals surface area contributed by atoms with Gasteiger partial charge in [0.15, 0.2) is 11.6 Å². The zero-order valence-electron chi connectivity index (χ0n) is 33.9. The lowest BCUT2D eigenvalue weighted by Crippen LogP contribution is -2.60. The summed E-state index contributed by atoms with van der Waals surface area (Å²) < 4.78 is 26.8. The first-order valence-corrected chi connectivity index (χ1v) is 21.2. The SMILES string of the molecule is C#CCCC(CC(=O)[C@@H]1[C@H]2CCC[C@H]2CN1C(=O)[C@@H](NC(=O)N[C@H](CN(C)S(=O)(=O)C(C)(C)C)C(C)(C)C)C1Cc2ccccc2C1)C(=O)C(=O)CCC=C. The van der Waals surface area contributed by atoms with E-state index in [1.807, 2.05) is 45.0 Å². The number of hydrogen-bond acceptors (Lipinski definition) is 7. The molecule has 55 heavy (non-hydrogen) atoms. The summed E-state index contributed by atoms with van der Waals surface area (Å²) in [5, 5.41) is 6.02. The quantitative estimate of drug-likeness (QED) is 0.124. The van der Waals surface area contributed by atoms with Gasteiger partial charge in [0.1, 0.15) is 6.04 Å². The number of benzene rings is 1. The van der Waals surface area contributed by atoms with Gasteiger partial charge >= 0.3 is 6.03 Å². The lowest BCUT2D eigenvalue weighted by atomic mass is 9.84. The summed E-state index contributed by atoms with van der Waals surface area (Å²) in [6.45, 7) is 14.7. The van der Waals surface area contributed by atoms with Crippen LogP contribution in [0.1, 0.15) is 104 Å². The van der Waals surface area contributed by atoms with Crippen LogP contribution in [0.3, 0.4) is 0 Å². The molecule has 2 N–H and O–H groups in total. The van der Waals surface area contributed by atoms with E-state index in [1.54, 1.807) is 31.7 Å². The highest BCUT2D eigenvalue weighted by Crippen LogP contribution is 2.44. The van der Waals surface area contributed by atoms with Crippen molar-refractivity contribution in [3.8, 4) is 12.3 Å². The average molecular weight is 779 g/mol. The first-order valence-electron chi connectivity index (χ1n) is 19.8. The predicted octanol–water partition coefficient (Wildman–Crippen LogP) is 5.26. The van der Waals surface area contributed by atoms with Crippen LogP contribution in [0, 0.1) is 41.4 Å². The Balaban J connectivity index is 1.63. The molecular weight excluding hydrogens is 717 g/mol. The summed E-state index contributed by atoms with van der Waals surface area (Å²) in [4.78, 5) is 71.1. The van der Waals surface area contributed by atoms with Crippen LogP contribution >= 0.6 is 0 Å². The molecule has 1 aromatic rings. The van der Waals surface area contributed by atoms with E-state index in [-0.39, 0.29) is 61.7 Å². The van der Waals surface area contributed by atoms with Crippen molar-refractivity contribution in [2.75, 3.05) is 20.1 Å². The number of hydrogen-bond donors (Lipinski definition) is 2. The standard InChI is InChI=1S/C43H62N4O7S/c1-10-12-17-30(39(50)34(48)22-13-11-2)25-35(49)38-33-21-16-20-31(33)26-47(38)40(51)37(32-23-28-18-14-15-19-29(28)24-32)45-41(52)44-36(42(3,4)5)27-46(9)55(53,54)43(6,7)8/h1,11,14-15,18-19,30-33,36-38H,2,12-13,16-17,20-27H2,3-9H3,(H2,44,45,52)/t30?,31-,33-,36+,37-,38-/m0/s1. The van der Waals surface area contributed by atoms with Crippen molar-refractivity contribution in [3.05, 3.63) is 48.0 Å². The molecule has 6 atom stereocenters. The molecule has 0 radical (unpaired) electrons. The normalized spacial score (nSPS) is 21.6. The maximum absolute atomic E-state index is 15.0. The van der Waals surface area contributed by atoms with Crippen molar-refractivity contribution in [1.82, 2.24) is 19.8 Å². The number of ketones is 3. The molecule has 2 fully saturated rings. The number of fused-ring (bicyclic) bond motifs is 2. The van der Waals surface area contributed by atoms with Gasteiger partial charge in [0.05, 0.1) is 10.8 Å². The number of terminal acetylenes is 1. The molecule has 1 heterocycles. The van der Waals surface area contributed by atoms with Crippen LogP contribution < -0.4 is 10.6 Å². The van der Waals surface area contributed by atoms with Gasteiger partial charge in [-0.3, -0.25) is 19.2 Å². The molecule has 0 bridgehead atoms. The van der Waals surface area contributed by atoms with Crippen molar-refractivity contribution in [1.29, 1.82) is 0 Å². The second-order valence-electron chi connectivity index (χ2n) is 17.9. The van der Waals surface area contributed by atoms with Crippen molar-refractivity contribution in [2.24, 2.45) is 29.1 Å². The van der Waals surface area contributed by atoms with E-state index in [9.17, 15) is 32.4 Å². The number of amides is 3. The van der Waals surface area contributed by atoms with Gasteiger partial charge in [0.2, 0.25) is 21.7 Å². The van der Waals surface area contributed by atoms with Crippen molar-refractivity contribution < 1.29 is 32.4 Å². The largest absolute Gasteiger partial charge is 0.334 e.